The third kappa shape index (κ3) is 3.30. The second kappa shape index (κ2) is 5.79. The van der Waals surface area contributed by atoms with Gasteiger partial charge < -0.3 is 4.74 Å². The lowest BCUT2D eigenvalue weighted by Crippen LogP contribution is -2.02. The van der Waals surface area contributed by atoms with E-state index in [1.165, 1.54) is 53.3 Å². The SMILES string of the molecule is COC(=O)CSc1sc(=O)sc1SC. The van der Waals surface area contributed by atoms with Crippen molar-refractivity contribution in [2.75, 3.05) is 19.1 Å². The number of ether oxygens (including phenoxy) is 1. The summed E-state index contributed by atoms with van der Waals surface area (Å²) in [6.45, 7) is 0. The van der Waals surface area contributed by atoms with Crippen molar-refractivity contribution in [1.29, 1.82) is 0 Å². The average Bonchev–Trinajstić information content (AvgIpc) is 2.55. The van der Waals surface area contributed by atoms with Crippen LogP contribution in [0.2, 0.25) is 0 Å². The monoisotopic (exact) mass is 268 g/mol. The number of methoxy groups -OCH3 is 1. The quantitative estimate of drug-likeness (QED) is 0.618. The molecule has 1 aromatic heterocycles. The zero-order valence-electron chi connectivity index (χ0n) is 7.56. The number of rotatable bonds is 4. The summed E-state index contributed by atoms with van der Waals surface area (Å²) >= 11 is 5.31. The van der Waals surface area contributed by atoms with Crippen molar-refractivity contribution in [3.63, 3.8) is 0 Å². The molecule has 3 nitrogen and oxygen atoms in total. The second-order valence-corrected chi connectivity index (χ2v) is 6.64. The van der Waals surface area contributed by atoms with Crippen molar-refractivity contribution in [3.8, 4) is 0 Å². The maximum absolute atomic E-state index is 11.1. The van der Waals surface area contributed by atoms with E-state index in [4.69, 9.17) is 0 Å². The minimum absolute atomic E-state index is 0.0710. The maximum atomic E-state index is 11.1. The Morgan fingerprint density at radius 3 is 2.64 bits per heavy atom. The number of hydrogen-bond donors (Lipinski definition) is 0. The molecule has 0 aliphatic carbocycles. The van der Waals surface area contributed by atoms with Gasteiger partial charge in [0.1, 0.15) is 0 Å². The minimum atomic E-state index is -0.270. The van der Waals surface area contributed by atoms with Gasteiger partial charge in [-0.3, -0.25) is 9.59 Å². The molecule has 1 rings (SSSR count). The Morgan fingerprint density at radius 2 is 2.07 bits per heavy atom. The molecule has 0 aromatic carbocycles. The fourth-order valence-corrected chi connectivity index (χ4v) is 5.31. The molecule has 0 aliphatic rings. The predicted octanol–water partition coefficient (Wildman–Crippen LogP) is 2.16. The van der Waals surface area contributed by atoms with E-state index in [1.807, 2.05) is 6.26 Å². The molecule has 1 heterocycles. The molecular formula is C7H8O3S4. The first-order valence-corrected chi connectivity index (χ1v) is 7.39. The van der Waals surface area contributed by atoms with Gasteiger partial charge in [-0.05, 0) is 6.26 Å². The van der Waals surface area contributed by atoms with Crippen LogP contribution in [-0.2, 0) is 9.53 Å². The lowest BCUT2D eigenvalue weighted by atomic mass is 10.8. The van der Waals surface area contributed by atoms with E-state index in [-0.39, 0.29) is 15.8 Å². The van der Waals surface area contributed by atoms with Gasteiger partial charge >= 0.3 is 5.97 Å². The summed E-state index contributed by atoms with van der Waals surface area (Å²) in [5.41, 5.74) is 0. The summed E-state index contributed by atoms with van der Waals surface area (Å²) in [7, 11) is 1.36. The van der Waals surface area contributed by atoms with E-state index in [2.05, 4.69) is 4.74 Å². The largest absolute Gasteiger partial charge is 0.468 e. The topological polar surface area (TPSA) is 43.4 Å². The van der Waals surface area contributed by atoms with E-state index >= 15 is 0 Å². The van der Waals surface area contributed by atoms with Gasteiger partial charge in [0.2, 0.25) is 0 Å². The molecule has 0 N–H and O–H groups in total. The van der Waals surface area contributed by atoms with E-state index in [0.29, 0.717) is 0 Å². The van der Waals surface area contributed by atoms with Crippen molar-refractivity contribution in [3.05, 3.63) is 8.85 Å². The number of carbonyl (C=O) groups is 1. The van der Waals surface area contributed by atoms with Crippen LogP contribution in [0.1, 0.15) is 0 Å². The first kappa shape index (κ1) is 12.1. The maximum Gasteiger partial charge on any atom is 0.316 e. The molecule has 0 radical (unpaired) electrons. The Morgan fingerprint density at radius 1 is 1.43 bits per heavy atom. The lowest BCUT2D eigenvalue weighted by molar-refractivity contribution is -0.137. The van der Waals surface area contributed by atoms with E-state index in [1.54, 1.807) is 0 Å². The third-order valence-corrected chi connectivity index (χ3v) is 6.16. The number of carbonyl (C=O) groups excluding carboxylic acids is 1. The van der Waals surface area contributed by atoms with Gasteiger partial charge in [-0.15, -0.1) is 23.5 Å². The summed E-state index contributed by atoms with van der Waals surface area (Å²) in [5.74, 6) is -0.00981. The average molecular weight is 268 g/mol. The zero-order valence-corrected chi connectivity index (χ0v) is 10.8. The molecule has 14 heavy (non-hydrogen) atoms. The van der Waals surface area contributed by atoms with E-state index in [0.717, 1.165) is 8.42 Å². The first-order valence-electron chi connectivity index (χ1n) is 3.55. The molecule has 0 fully saturated rings. The molecule has 7 heteroatoms. The van der Waals surface area contributed by atoms with Crippen molar-refractivity contribution in [1.82, 2.24) is 0 Å². The van der Waals surface area contributed by atoms with Gasteiger partial charge in [-0.25, -0.2) is 0 Å². The Hall–Kier alpha value is 0.0200. The Balaban J connectivity index is 2.66. The first-order chi connectivity index (χ1) is 6.67. The van der Waals surface area contributed by atoms with Crippen molar-refractivity contribution in [2.45, 2.75) is 8.42 Å². The number of esters is 1. The van der Waals surface area contributed by atoms with Crippen LogP contribution in [0, 0.1) is 0 Å². The lowest BCUT2D eigenvalue weighted by Gasteiger charge is -1.98. The summed E-state index contributed by atoms with van der Waals surface area (Å²) in [5, 5.41) is 0. The molecule has 0 saturated heterocycles. The van der Waals surface area contributed by atoms with Crippen molar-refractivity contribution < 1.29 is 9.53 Å². The Labute approximate surface area is 97.9 Å². The van der Waals surface area contributed by atoms with Crippen LogP contribution in [0.3, 0.4) is 0 Å². The van der Waals surface area contributed by atoms with E-state index in [9.17, 15) is 9.59 Å². The molecule has 0 bridgehead atoms. The fourth-order valence-electron chi connectivity index (χ4n) is 0.652. The van der Waals surface area contributed by atoms with Crippen molar-refractivity contribution in [2.24, 2.45) is 0 Å². The van der Waals surface area contributed by atoms with Crippen LogP contribution >= 0.6 is 46.2 Å². The fraction of sp³-hybridized carbons (Fsp3) is 0.429. The van der Waals surface area contributed by atoms with Crippen LogP contribution in [0.25, 0.3) is 0 Å². The highest BCUT2D eigenvalue weighted by molar-refractivity contribution is 8.05. The van der Waals surface area contributed by atoms with Crippen LogP contribution in [-0.4, -0.2) is 25.1 Å². The predicted molar refractivity (Wildman–Crippen MR) is 63.0 cm³/mol. The van der Waals surface area contributed by atoms with Gasteiger partial charge in [0.05, 0.1) is 21.3 Å². The van der Waals surface area contributed by atoms with Gasteiger partial charge in [0.25, 0.3) is 4.06 Å². The van der Waals surface area contributed by atoms with Gasteiger partial charge in [-0.2, -0.15) is 0 Å². The minimum Gasteiger partial charge on any atom is -0.468 e. The molecule has 0 aliphatic heterocycles. The molecule has 0 spiro atoms. The van der Waals surface area contributed by atoms with Gasteiger partial charge in [0.15, 0.2) is 0 Å². The Kier molecular flexibility index (Phi) is 5.00. The molecule has 78 valence electrons. The van der Waals surface area contributed by atoms with Crippen LogP contribution in [0.15, 0.2) is 13.2 Å². The van der Waals surface area contributed by atoms with Crippen molar-refractivity contribution >= 4 is 52.2 Å². The molecule has 0 unspecified atom stereocenters. The number of hydrogen-bond acceptors (Lipinski definition) is 7. The molecule has 1 aromatic rings. The zero-order chi connectivity index (χ0) is 10.6. The van der Waals surface area contributed by atoms with E-state index < -0.39 is 0 Å². The highest BCUT2D eigenvalue weighted by Gasteiger charge is 2.10. The standard InChI is InChI=1S/C7H8O3S4/c1-10-4(8)3-12-6-5(11-2)13-7(9)14-6/h3H2,1-2H3. The second-order valence-electron chi connectivity index (χ2n) is 2.10. The smallest absolute Gasteiger partial charge is 0.316 e. The molecule has 0 amide bonds. The third-order valence-electron chi connectivity index (χ3n) is 1.25. The summed E-state index contributed by atoms with van der Waals surface area (Å²) < 4.78 is 6.48. The number of thioether (sulfide) groups is 2. The summed E-state index contributed by atoms with van der Waals surface area (Å²) in [4.78, 5) is 22.0. The summed E-state index contributed by atoms with van der Waals surface area (Å²) in [6.07, 6.45) is 1.92. The van der Waals surface area contributed by atoms with Gasteiger partial charge in [-0.1, -0.05) is 22.7 Å². The highest BCUT2D eigenvalue weighted by Crippen LogP contribution is 2.35. The molecule has 0 saturated carbocycles. The highest BCUT2D eigenvalue weighted by atomic mass is 32.2. The normalized spacial score (nSPS) is 10.1. The van der Waals surface area contributed by atoms with Crippen LogP contribution < -0.4 is 4.06 Å². The van der Waals surface area contributed by atoms with Gasteiger partial charge in [0, 0.05) is 0 Å². The Bertz CT molecular complexity index is 367. The molecular weight excluding hydrogens is 260 g/mol. The summed E-state index contributed by atoms with van der Waals surface area (Å²) in [6, 6.07) is 0. The molecule has 0 atom stereocenters. The van der Waals surface area contributed by atoms with Crippen LogP contribution in [0.4, 0.5) is 0 Å². The van der Waals surface area contributed by atoms with Crippen LogP contribution in [0.5, 0.6) is 0 Å².